The van der Waals surface area contributed by atoms with Gasteiger partial charge < -0.3 is 9.47 Å². The Labute approximate surface area is 123 Å². The average molecular weight is 300 g/mol. The van der Waals surface area contributed by atoms with E-state index in [0.717, 1.165) is 23.7 Å². The number of hydrogen-bond acceptors (Lipinski definition) is 6. The van der Waals surface area contributed by atoms with Crippen molar-refractivity contribution in [2.75, 3.05) is 19.6 Å². The van der Waals surface area contributed by atoms with Crippen molar-refractivity contribution in [3.63, 3.8) is 0 Å². The Morgan fingerprint density at radius 1 is 1.25 bits per heavy atom. The summed E-state index contributed by atoms with van der Waals surface area (Å²) in [4.78, 5) is 15.6. The molecule has 1 heterocycles. The van der Waals surface area contributed by atoms with Gasteiger partial charge in [0.1, 0.15) is 17.6 Å². The smallest absolute Gasteiger partial charge is 0.330 e. The maximum atomic E-state index is 11.3. The van der Waals surface area contributed by atoms with E-state index in [1.165, 1.54) is 7.11 Å². The number of halogens is 1. The zero-order valence-electron chi connectivity index (χ0n) is 11.4. The molecule has 0 spiro atoms. The van der Waals surface area contributed by atoms with Crippen LogP contribution in [0.2, 0.25) is 0 Å². The minimum absolute atomic E-state index is 0. The fraction of sp³-hybridized carbons (Fsp3) is 0.385. The molecule has 1 aliphatic heterocycles. The molecular weight excluding hydrogens is 282 g/mol. The summed E-state index contributed by atoms with van der Waals surface area (Å²) in [6.07, 6.45) is 1.40. The predicted octanol–water partition coefficient (Wildman–Crippen LogP) is 1.77. The molecule has 1 atom stereocenters. The van der Waals surface area contributed by atoms with Crippen molar-refractivity contribution in [1.82, 2.24) is 5.43 Å². The van der Waals surface area contributed by atoms with Gasteiger partial charge in [-0.05, 0) is 30.7 Å². The van der Waals surface area contributed by atoms with Crippen molar-refractivity contribution in [3.05, 3.63) is 24.3 Å². The molecule has 0 saturated heterocycles. The summed E-state index contributed by atoms with van der Waals surface area (Å²) in [7, 11) is 3.00. The van der Waals surface area contributed by atoms with Gasteiger partial charge in [-0.3, -0.25) is 15.8 Å². The van der Waals surface area contributed by atoms with E-state index in [-0.39, 0.29) is 24.4 Å². The van der Waals surface area contributed by atoms with Crippen LogP contribution in [-0.4, -0.2) is 32.1 Å². The number of hydrazine groups is 1. The zero-order chi connectivity index (χ0) is 13.7. The maximum absolute atomic E-state index is 11.3. The molecule has 0 fully saturated rings. The van der Waals surface area contributed by atoms with Crippen LogP contribution in [0.3, 0.4) is 0 Å². The highest BCUT2D eigenvalue weighted by Crippen LogP contribution is 2.16. The van der Waals surface area contributed by atoms with Crippen molar-refractivity contribution in [2.45, 2.75) is 18.9 Å². The molecule has 0 aromatic heterocycles. The number of carbonyl (C=O) groups is 1. The standard InChI is InChI=1S/C13H17N3O3.ClH/c1-18-10-5-3-9(4-6-10)15-16-12-8-7-11(14-12)13(17)19-2;/h3-6,11,15H,7-8H2,1-2H3,(H,14,16);1H. The number of anilines is 1. The summed E-state index contributed by atoms with van der Waals surface area (Å²) in [5.41, 5.74) is 6.92. The van der Waals surface area contributed by atoms with Crippen molar-refractivity contribution >= 4 is 29.9 Å². The number of rotatable bonds is 4. The lowest BCUT2D eigenvalue weighted by Crippen LogP contribution is -2.27. The molecule has 110 valence electrons. The van der Waals surface area contributed by atoms with Crippen LogP contribution >= 0.6 is 12.4 Å². The number of aliphatic imine (C=N–C) groups is 1. The number of amidine groups is 1. The van der Waals surface area contributed by atoms with Crippen LogP contribution in [0, 0.1) is 0 Å². The molecule has 0 saturated carbocycles. The van der Waals surface area contributed by atoms with E-state index < -0.39 is 0 Å². The van der Waals surface area contributed by atoms with Gasteiger partial charge in [-0.2, -0.15) is 0 Å². The lowest BCUT2D eigenvalue weighted by atomic mass is 10.2. The van der Waals surface area contributed by atoms with Gasteiger partial charge in [0, 0.05) is 6.42 Å². The molecule has 7 heteroatoms. The van der Waals surface area contributed by atoms with Gasteiger partial charge in [-0.1, -0.05) is 0 Å². The van der Waals surface area contributed by atoms with E-state index in [1.807, 2.05) is 24.3 Å². The number of benzene rings is 1. The molecule has 0 aliphatic carbocycles. The molecule has 0 radical (unpaired) electrons. The van der Waals surface area contributed by atoms with Crippen LogP contribution in [0.15, 0.2) is 29.3 Å². The van der Waals surface area contributed by atoms with Crippen LogP contribution in [0.1, 0.15) is 12.8 Å². The molecule has 1 aliphatic rings. The second-order valence-electron chi connectivity index (χ2n) is 4.13. The van der Waals surface area contributed by atoms with E-state index in [2.05, 4.69) is 20.6 Å². The Morgan fingerprint density at radius 3 is 2.55 bits per heavy atom. The van der Waals surface area contributed by atoms with E-state index >= 15 is 0 Å². The summed E-state index contributed by atoms with van der Waals surface area (Å²) in [5.74, 6) is 1.27. The maximum Gasteiger partial charge on any atom is 0.330 e. The first-order chi connectivity index (χ1) is 9.22. The summed E-state index contributed by atoms with van der Waals surface area (Å²) < 4.78 is 9.74. The third-order valence-corrected chi connectivity index (χ3v) is 2.88. The van der Waals surface area contributed by atoms with Crippen molar-refractivity contribution in [2.24, 2.45) is 4.99 Å². The van der Waals surface area contributed by atoms with Crippen LogP contribution < -0.4 is 15.6 Å². The second kappa shape index (κ2) is 7.59. The van der Waals surface area contributed by atoms with Crippen molar-refractivity contribution < 1.29 is 14.3 Å². The quantitative estimate of drug-likeness (QED) is 0.655. The van der Waals surface area contributed by atoms with Gasteiger partial charge in [0.2, 0.25) is 0 Å². The predicted molar refractivity (Wildman–Crippen MR) is 79.5 cm³/mol. The zero-order valence-corrected chi connectivity index (χ0v) is 12.2. The lowest BCUT2D eigenvalue weighted by molar-refractivity contribution is -0.141. The highest BCUT2D eigenvalue weighted by atomic mass is 35.5. The molecule has 2 rings (SSSR count). The largest absolute Gasteiger partial charge is 0.497 e. The monoisotopic (exact) mass is 299 g/mol. The van der Waals surface area contributed by atoms with E-state index in [1.54, 1.807) is 7.11 Å². The number of hydrogen-bond donors (Lipinski definition) is 2. The first-order valence-electron chi connectivity index (χ1n) is 6.03. The Kier molecular flexibility index (Phi) is 6.11. The van der Waals surface area contributed by atoms with Crippen LogP contribution in [-0.2, 0) is 9.53 Å². The number of esters is 1. The molecule has 1 aromatic carbocycles. The first kappa shape index (κ1) is 16.1. The molecular formula is C13H18ClN3O3. The van der Waals surface area contributed by atoms with Gasteiger partial charge in [0.15, 0.2) is 0 Å². The number of methoxy groups -OCH3 is 2. The Morgan fingerprint density at radius 2 is 1.95 bits per heavy atom. The number of nitrogens with one attached hydrogen (secondary N) is 2. The molecule has 0 amide bonds. The fourth-order valence-electron chi connectivity index (χ4n) is 1.81. The molecule has 20 heavy (non-hydrogen) atoms. The summed E-state index contributed by atoms with van der Waals surface area (Å²) in [6.45, 7) is 0. The van der Waals surface area contributed by atoms with Gasteiger partial charge in [-0.15, -0.1) is 12.4 Å². The van der Waals surface area contributed by atoms with Crippen LogP contribution in [0.25, 0.3) is 0 Å². The van der Waals surface area contributed by atoms with E-state index in [4.69, 9.17) is 4.74 Å². The van der Waals surface area contributed by atoms with Crippen LogP contribution in [0.5, 0.6) is 5.75 Å². The van der Waals surface area contributed by atoms with Gasteiger partial charge in [0.25, 0.3) is 0 Å². The topological polar surface area (TPSA) is 72.0 Å². The molecule has 0 bridgehead atoms. The van der Waals surface area contributed by atoms with Gasteiger partial charge in [-0.25, -0.2) is 4.79 Å². The van der Waals surface area contributed by atoms with E-state index in [9.17, 15) is 4.79 Å². The Bertz CT molecular complexity index is 476. The number of carbonyl (C=O) groups excluding carboxylic acids is 1. The Balaban J connectivity index is 0.00000200. The van der Waals surface area contributed by atoms with Gasteiger partial charge >= 0.3 is 5.97 Å². The highest BCUT2D eigenvalue weighted by Gasteiger charge is 2.24. The normalized spacial score (nSPS) is 16.7. The van der Waals surface area contributed by atoms with Crippen molar-refractivity contribution in [3.8, 4) is 5.75 Å². The van der Waals surface area contributed by atoms with Crippen LogP contribution in [0.4, 0.5) is 5.69 Å². The Hall–Kier alpha value is -1.95. The summed E-state index contributed by atoms with van der Waals surface area (Å²) in [5, 5.41) is 0. The molecule has 1 aromatic rings. The average Bonchev–Trinajstić information content (AvgIpc) is 2.93. The van der Waals surface area contributed by atoms with Gasteiger partial charge in [0.05, 0.1) is 19.9 Å². The fourth-order valence-corrected chi connectivity index (χ4v) is 1.81. The molecule has 6 nitrogen and oxygen atoms in total. The third kappa shape index (κ3) is 4.03. The molecule has 2 N–H and O–H groups in total. The highest BCUT2D eigenvalue weighted by molar-refractivity contribution is 5.90. The molecule has 1 unspecified atom stereocenters. The SMILES string of the molecule is COC(=O)C1CCC(NNc2ccc(OC)cc2)=N1.Cl. The minimum atomic E-state index is -0.384. The lowest BCUT2D eigenvalue weighted by Gasteiger charge is -2.09. The van der Waals surface area contributed by atoms with Crippen molar-refractivity contribution in [1.29, 1.82) is 0 Å². The number of nitrogens with zero attached hydrogens (tertiary/aromatic N) is 1. The summed E-state index contributed by atoms with van der Waals surface area (Å²) in [6, 6.07) is 7.11. The van der Waals surface area contributed by atoms with E-state index in [0.29, 0.717) is 6.42 Å². The summed E-state index contributed by atoms with van der Waals surface area (Å²) >= 11 is 0. The second-order valence-corrected chi connectivity index (χ2v) is 4.13. The number of ether oxygens (including phenoxy) is 2. The minimum Gasteiger partial charge on any atom is -0.497 e. The first-order valence-corrected chi connectivity index (χ1v) is 6.03. The third-order valence-electron chi connectivity index (χ3n) is 2.88.